The fraction of sp³-hybridized carbons (Fsp3) is 0.750. The fourth-order valence-corrected chi connectivity index (χ4v) is 3.01. The molecule has 1 aliphatic heterocycles. The van der Waals surface area contributed by atoms with Crippen LogP contribution < -0.4 is 10.2 Å². The van der Waals surface area contributed by atoms with E-state index in [1.54, 1.807) is 0 Å². The lowest BCUT2D eigenvalue weighted by atomic mass is 10.0. The number of aromatic nitrogens is 2. The minimum absolute atomic E-state index is 0.835. The van der Waals surface area contributed by atoms with Crippen molar-refractivity contribution >= 4 is 11.6 Å². The average molecular weight is 276 g/mol. The van der Waals surface area contributed by atoms with Crippen LogP contribution in [0.2, 0.25) is 0 Å². The van der Waals surface area contributed by atoms with Crippen molar-refractivity contribution in [2.45, 2.75) is 53.4 Å². The highest BCUT2D eigenvalue weighted by Gasteiger charge is 2.25. The molecule has 0 aliphatic carbocycles. The largest absolute Gasteiger partial charge is 0.370 e. The second-order valence-corrected chi connectivity index (χ2v) is 5.88. The first-order valence-electron chi connectivity index (χ1n) is 7.99. The highest BCUT2D eigenvalue weighted by Crippen LogP contribution is 2.30. The maximum atomic E-state index is 4.69. The van der Waals surface area contributed by atoms with Gasteiger partial charge in [0.2, 0.25) is 0 Å². The molecule has 1 aliphatic rings. The molecule has 1 saturated heterocycles. The highest BCUT2D eigenvalue weighted by molar-refractivity contribution is 5.59. The molecule has 2 heterocycles. The van der Waals surface area contributed by atoms with Gasteiger partial charge in [-0.3, -0.25) is 0 Å². The van der Waals surface area contributed by atoms with E-state index in [1.807, 2.05) is 6.92 Å². The molecule has 1 fully saturated rings. The summed E-state index contributed by atoms with van der Waals surface area (Å²) in [7, 11) is 0. The molecule has 4 nitrogen and oxygen atoms in total. The zero-order valence-corrected chi connectivity index (χ0v) is 13.4. The van der Waals surface area contributed by atoms with Crippen LogP contribution in [-0.2, 0) is 0 Å². The van der Waals surface area contributed by atoms with Crippen molar-refractivity contribution < 1.29 is 0 Å². The first-order valence-corrected chi connectivity index (χ1v) is 7.99. The molecule has 112 valence electrons. The van der Waals surface area contributed by atoms with Gasteiger partial charge in [-0.1, -0.05) is 20.3 Å². The third kappa shape index (κ3) is 3.41. The number of anilines is 2. The van der Waals surface area contributed by atoms with Gasteiger partial charge in [0, 0.05) is 25.2 Å². The van der Waals surface area contributed by atoms with Crippen molar-refractivity contribution in [1.29, 1.82) is 0 Å². The molecule has 0 amide bonds. The maximum absolute atomic E-state index is 4.69. The van der Waals surface area contributed by atoms with Crippen LogP contribution in [0.25, 0.3) is 0 Å². The molecular formula is C16H28N4. The van der Waals surface area contributed by atoms with Crippen LogP contribution in [0.1, 0.15) is 50.9 Å². The maximum Gasteiger partial charge on any atom is 0.137 e. The van der Waals surface area contributed by atoms with Crippen LogP contribution in [0, 0.1) is 19.8 Å². The minimum atomic E-state index is 0.835. The van der Waals surface area contributed by atoms with Gasteiger partial charge >= 0.3 is 0 Å². The number of nitrogens with zero attached hydrogens (tertiary/aromatic N) is 3. The van der Waals surface area contributed by atoms with Gasteiger partial charge in [0.1, 0.15) is 17.5 Å². The molecule has 0 bridgehead atoms. The summed E-state index contributed by atoms with van der Waals surface area (Å²) < 4.78 is 0. The number of hydrogen-bond acceptors (Lipinski definition) is 4. The van der Waals surface area contributed by atoms with Gasteiger partial charge in [-0.15, -0.1) is 0 Å². The van der Waals surface area contributed by atoms with Crippen LogP contribution >= 0.6 is 0 Å². The fourth-order valence-electron chi connectivity index (χ4n) is 3.01. The van der Waals surface area contributed by atoms with Gasteiger partial charge in [0.15, 0.2) is 0 Å². The van der Waals surface area contributed by atoms with Crippen molar-refractivity contribution in [2.24, 2.45) is 5.92 Å². The quantitative estimate of drug-likeness (QED) is 0.863. The van der Waals surface area contributed by atoms with E-state index in [0.29, 0.717) is 0 Å². The molecule has 20 heavy (non-hydrogen) atoms. The summed E-state index contributed by atoms with van der Waals surface area (Å²) in [6, 6.07) is 0. The summed E-state index contributed by atoms with van der Waals surface area (Å²) in [5, 5.41) is 3.43. The monoisotopic (exact) mass is 276 g/mol. The van der Waals surface area contributed by atoms with E-state index in [-0.39, 0.29) is 0 Å². The molecule has 0 radical (unpaired) electrons. The Balaban J connectivity index is 2.17. The standard InChI is InChI=1S/C16H28N4/c1-5-7-14-8-10-20(11-14)16-12(3)15(17-9-6-2)18-13(4)19-16/h14H,5-11H2,1-4H3,(H,17,18,19). The van der Waals surface area contributed by atoms with Crippen molar-refractivity contribution in [2.75, 3.05) is 29.9 Å². The van der Waals surface area contributed by atoms with Gasteiger partial charge in [0.25, 0.3) is 0 Å². The Kier molecular flexibility index (Phi) is 5.21. The summed E-state index contributed by atoms with van der Waals surface area (Å²) in [6.45, 7) is 11.8. The van der Waals surface area contributed by atoms with E-state index in [9.17, 15) is 0 Å². The Labute approximate surface area is 123 Å². The van der Waals surface area contributed by atoms with Crippen LogP contribution in [-0.4, -0.2) is 29.6 Å². The number of rotatable bonds is 6. The predicted octanol–water partition coefficient (Wildman–Crippen LogP) is 3.54. The van der Waals surface area contributed by atoms with Gasteiger partial charge in [0.05, 0.1) is 0 Å². The number of nitrogens with one attached hydrogen (secondary N) is 1. The number of hydrogen-bond donors (Lipinski definition) is 1. The topological polar surface area (TPSA) is 41.1 Å². The lowest BCUT2D eigenvalue weighted by molar-refractivity contribution is 0.529. The van der Waals surface area contributed by atoms with E-state index >= 15 is 0 Å². The molecule has 0 aromatic carbocycles. The second-order valence-electron chi connectivity index (χ2n) is 5.88. The summed E-state index contributed by atoms with van der Waals surface area (Å²) >= 11 is 0. The SMILES string of the molecule is CCCNc1nc(C)nc(N2CCC(CCC)C2)c1C. The molecule has 2 rings (SSSR count). The van der Waals surface area contributed by atoms with Crippen LogP contribution in [0.4, 0.5) is 11.6 Å². The normalized spacial score (nSPS) is 18.6. The molecule has 1 aromatic rings. The Morgan fingerprint density at radius 1 is 1.20 bits per heavy atom. The molecule has 0 spiro atoms. The third-order valence-corrected chi connectivity index (χ3v) is 4.06. The minimum Gasteiger partial charge on any atom is -0.370 e. The van der Waals surface area contributed by atoms with Crippen LogP contribution in [0.5, 0.6) is 0 Å². The Bertz CT molecular complexity index is 444. The van der Waals surface area contributed by atoms with Gasteiger partial charge < -0.3 is 10.2 Å². The van der Waals surface area contributed by atoms with E-state index in [0.717, 1.165) is 49.4 Å². The highest BCUT2D eigenvalue weighted by atomic mass is 15.2. The molecule has 4 heteroatoms. The summed E-state index contributed by atoms with van der Waals surface area (Å²) in [6.07, 6.45) is 5.03. The smallest absolute Gasteiger partial charge is 0.137 e. The molecule has 1 N–H and O–H groups in total. The van der Waals surface area contributed by atoms with E-state index in [4.69, 9.17) is 4.98 Å². The Morgan fingerprint density at radius 3 is 2.70 bits per heavy atom. The predicted molar refractivity (Wildman–Crippen MR) is 85.5 cm³/mol. The van der Waals surface area contributed by atoms with Gasteiger partial charge in [-0.2, -0.15) is 0 Å². The summed E-state index contributed by atoms with van der Waals surface area (Å²) in [4.78, 5) is 11.7. The molecular weight excluding hydrogens is 248 g/mol. The lowest BCUT2D eigenvalue weighted by Crippen LogP contribution is -2.23. The van der Waals surface area contributed by atoms with Crippen LogP contribution in [0.15, 0.2) is 0 Å². The second kappa shape index (κ2) is 6.91. The van der Waals surface area contributed by atoms with E-state index in [2.05, 4.69) is 36.0 Å². The van der Waals surface area contributed by atoms with Gasteiger partial charge in [-0.05, 0) is 39.0 Å². The van der Waals surface area contributed by atoms with E-state index < -0.39 is 0 Å². The number of aryl methyl sites for hydroxylation is 1. The van der Waals surface area contributed by atoms with Crippen molar-refractivity contribution in [3.63, 3.8) is 0 Å². The van der Waals surface area contributed by atoms with Crippen molar-refractivity contribution in [3.05, 3.63) is 11.4 Å². The molecule has 1 atom stereocenters. The zero-order chi connectivity index (χ0) is 14.5. The molecule has 1 aromatic heterocycles. The summed E-state index contributed by atoms with van der Waals surface area (Å²) in [5.41, 5.74) is 1.20. The van der Waals surface area contributed by atoms with Crippen molar-refractivity contribution in [1.82, 2.24) is 9.97 Å². The van der Waals surface area contributed by atoms with Crippen molar-refractivity contribution in [3.8, 4) is 0 Å². The third-order valence-electron chi connectivity index (χ3n) is 4.06. The van der Waals surface area contributed by atoms with E-state index in [1.165, 1.54) is 24.8 Å². The molecule has 0 saturated carbocycles. The Hall–Kier alpha value is -1.32. The Morgan fingerprint density at radius 2 is 2.00 bits per heavy atom. The lowest BCUT2D eigenvalue weighted by Gasteiger charge is -2.22. The van der Waals surface area contributed by atoms with Gasteiger partial charge in [-0.25, -0.2) is 9.97 Å². The zero-order valence-electron chi connectivity index (χ0n) is 13.4. The van der Waals surface area contributed by atoms with Crippen LogP contribution in [0.3, 0.4) is 0 Å². The molecule has 1 unspecified atom stereocenters. The average Bonchev–Trinajstić information content (AvgIpc) is 2.88. The summed E-state index contributed by atoms with van der Waals surface area (Å²) in [5.74, 6) is 3.84. The first kappa shape index (κ1) is 15.1. The first-order chi connectivity index (χ1) is 9.65.